The zero-order valence-electron chi connectivity index (χ0n) is 9.19. The fourth-order valence-corrected chi connectivity index (χ4v) is 2.10. The summed E-state index contributed by atoms with van der Waals surface area (Å²) < 4.78 is 0. The Hall–Kier alpha value is -1.32. The molecule has 2 aromatic rings. The highest BCUT2D eigenvalue weighted by molar-refractivity contribution is 6.35. The Balaban J connectivity index is 2.17. The van der Waals surface area contributed by atoms with Crippen LogP contribution in [0.4, 0.5) is 5.82 Å². The highest BCUT2D eigenvalue weighted by Crippen LogP contribution is 2.27. The molecule has 0 aliphatic carbocycles. The Bertz CT molecular complexity index is 502. The summed E-state index contributed by atoms with van der Waals surface area (Å²) in [4.78, 5) is 7.96. The maximum atomic E-state index is 6.13. The van der Waals surface area contributed by atoms with Crippen LogP contribution in [-0.4, -0.2) is 9.97 Å². The first kappa shape index (κ1) is 12.1. The van der Waals surface area contributed by atoms with Crippen molar-refractivity contribution in [2.75, 3.05) is 5.32 Å². The summed E-state index contributed by atoms with van der Waals surface area (Å²) in [6.45, 7) is 2.01. The zero-order valence-corrected chi connectivity index (χ0v) is 10.7. The van der Waals surface area contributed by atoms with Crippen molar-refractivity contribution >= 4 is 29.0 Å². The van der Waals surface area contributed by atoms with E-state index in [1.807, 2.05) is 19.1 Å². The number of benzene rings is 1. The highest BCUT2D eigenvalue weighted by atomic mass is 35.5. The molecule has 1 aromatic heterocycles. The van der Waals surface area contributed by atoms with Gasteiger partial charge in [-0.2, -0.15) is 0 Å². The van der Waals surface area contributed by atoms with Crippen molar-refractivity contribution in [3.8, 4) is 0 Å². The van der Waals surface area contributed by atoms with Crippen LogP contribution in [0.15, 0.2) is 36.8 Å². The second-order valence-corrected chi connectivity index (χ2v) is 4.47. The highest BCUT2D eigenvalue weighted by Gasteiger charge is 2.10. The summed E-state index contributed by atoms with van der Waals surface area (Å²) in [5.41, 5.74) is 0.981. The van der Waals surface area contributed by atoms with Crippen molar-refractivity contribution < 1.29 is 0 Å². The van der Waals surface area contributed by atoms with E-state index in [0.717, 1.165) is 11.4 Å². The van der Waals surface area contributed by atoms with E-state index in [4.69, 9.17) is 23.2 Å². The van der Waals surface area contributed by atoms with E-state index < -0.39 is 0 Å². The van der Waals surface area contributed by atoms with Gasteiger partial charge in [0.15, 0.2) is 0 Å². The van der Waals surface area contributed by atoms with Gasteiger partial charge in [0.25, 0.3) is 0 Å². The molecule has 5 heteroatoms. The standard InChI is InChI=1S/C12H11Cl2N3/c1-8(17-12-4-5-15-7-16-12)10-3-2-9(13)6-11(10)14/h2-8H,1H3,(H,15,16,17). The summed E-state index contributed by atoms with van der Waals surface area (Å²) in [5.74, 6) is 0.763. The summed E-state index contributed by atoms with van der Waals surface area (Å²) in [6, 6.07) is 7.32. The van der Waals surface area contributed by atoms with E-state index >= 15 is 0 Å². The molecule has 88 valence electrons. The first-order valence-corrected chi connectivity index (χ1v) is 5.90. The fourth-order valence-electron chi connectivity index (χ4n) is 1.53. The van der Waals surface area contributed by atoms with E-state index in [1.54, 1.807) is 18.3 Å². The Labute approximate surface area is 110 Å². The third-order valence-electron chi connectivity index (χ3n) is 2.38. The van der Waals surface area contributed by atoms with Crippen LogP contribution in [0.2, 0.25) is 10.0 Å². The number of aromatic nitrogens is 2. The minimum atomic E-state index is 0.0506. The molecular weight excluding hydrogens is 257 g/mol. The first-order valence-electron chi connectivity index (χ1n) is 5.14. The van der Waals surface area contributed by atoms with Gasteiger partial charge >= 0.3 is 0 Å². The Kier molecular flexibility index (Phi) is 3.82. The molecule has 1 atom stereocenters. The lowest BCUT2D eigenvalue weighted by molar-refractivity contribution is 0.872. The van der Waals surface area contributed by atoms with Gasteiger partial charge in [-0.3, -0.25) is 0 Å². The minimum Gasteiger partial charge on any atom is -0.363 e. The van der Waals surface area contributed by atoms with Gasteiger partial charge in [0.1, 0.15) is 12.1 Å². The molecule has 0 saturated heterocycles. The van der Waals surface area contributed by atoms with Crippen molar-refractivity contribution in [1.82, 2.24) is 9.97 Å². The number of halogens is 2. The van der Waals surface area contributed by atoms with Crippen LogP contribution in [0.3, 0.4) is 0 Å². The van der Waals surface area contributed by atoms with Gasteiger partial charge in [-0.25, -0.2) is 9.97 Å². The predicted molar refractivity (Wildman–Crippen MR) is 70.5 cm³/mol. The smallest absolute Gasteiger partial charge is 0.129 e. The molecule has 1 N–H and O–H groups in total. The van der Waals surface area contributed by atoms with Crippen molar-refractivity contribution in [3.05, 3.63) is 52.4 Å². The molecule has 0 aliphatic rings. The average Bonchev–Trinajstić information content (AvgIpc) is 2.30. The van der Waals surface area contributed by atoms with E-state index in [1.165, 1.54) is 6.33 Å². The molecule has 0 bridgehead atoms. The van der Waals surface area contributed by atoms with Crippen molar-refractivity contribution in [2.24, 2.45) is 0 Å². The van der Waals surface area contributed by atoms with Gasteiger partial charge in [-0.1, -0.05) is 29.3 Å². The lowest BCUT2D eigenvalue weighted by Crippen LogP contribution is -2.08. The quantitative estimate of drug-likeness (QED) is 0.915. The molecule has 0 amide bonds. The van der Waals surface area contributed by atoms with Crippen LogP contribution >= 0.6 is 23.2 Å². The summed E-state index contributed by atoms with van der Waals surface area (Å²) >= 11 is 12.0. The molecule has 1 aromatic carbocycles. The lowest BCUT2D eigenvalue weighted by atomic mass is 10.1. The van der Waals surface area contributed by atoms with Crippen LogP contribution in [0.1, 0.15) is 18.5 Å². The molecule has 1 unspecified atom stereocenters. The van der Waals surface area contributed by atoms with E-state index in [2.05, 4.69) is 15.3 Å². The average molecular weight is 268 g/mol. The zero-order chi connectivity index (χ0) is 12.3. The molecule has 0 fully saturated rings. The van der Waals surface area contributed by atoms with Gasteiger partial charge in [0.05, 0.1) is 6.04 Å². The molecule has 0 spiro atoms. The van der Waals surface area contributed by atoms with Gasteiger partial charge in [-0.15, -0.1) is 0 Å². The summed E-state index contributed by atoms with van der Waals surface area (Å²) in [6.07, 6.45) is 3.18. The number of hydrogen-bond acceptors (Lipinski definition) is 3. The van der Waals surface area contributed by atoms with Crippen LogP contribution in [0.5, 0.6) is 0 Å². The Morgan fingerprint density at radius 2 is 2.06 bits per heavy atom. The largest absolute Gasteiger partial charge is 0.363 e. The van der Waals surface area contributed by atoms with Crippen LogP contribution < -0.4 is 5.32 Å². The van der Waals surface area contributed by atoms with Crippen molar-refractivity contribution in [3.63, 3.8) is 0 Å². The molecule has 0 saturated carbocycles. The van der Waals surface area contributed by atoms with Crippen LogP contribution in [0.25, 0.3) is 0 Å². The van der Waals surface area contributed by atoms with Crippen LogP contribution in [-0.2, 0) is 0 Å². The third-order valence-corrected chi connectivity index (χ3v) is 2.94. The van der Waals surface area contributed by atoms with Gasteiger partial charge in [0.2, 0.25) is 0 Å². The van der Waals surface area contributed by atoms with Gasteiger partial charge in [0, 0.05) is 16.2 Å². The van der Waals surface area contributed by atoms with Crippen LogP contribution in [0, 0.1) is 0 Å². The van der Waals surface area contributed by atoms with E-state index in [-0.39, 0.29) is 6.04 Å². The molecule has 3 nitrogen and oxygen atoms in total. The van der Waals surface area contributed by atoms with Gasteiger partial charge < -0.3 is 5.32 Å². The lowest BCUT2D eigenvalue weighted by Gasteiger charge is -2.16. The number of rotatable bonds is 3. The van der Waals surface area contributed by atoms with Crippen molar-refractivity contribution in [2.45, 2.75) is 13.0 Å². The molecular formula is C12H11Cl2N3. The normalized spacial score (nSPS) is 12.2. The number of hydrogen-bond donors (Lipinski definition) is 1. The molecule has 2 rings (SSSR count). The minimum absolute atomic E-state index is 0.0506. The first-order chi connectivity index (χ1) is 8.16. The maximum Gasteiger partial charge on any atom is 0.129 e. The van der Waals surface area contributed by atoms with E-state index in [0.29, 0.717) is 10.0 Å². The fraction of sp³-hybridized carbons (Fsp3) is 0.167. The monoisotopic (exact) mass is 267 g/mol. The second kappa shape index (κ2) is 5.34. The maximum absolute atomic E-state index is 6.13. The predicted octanol–water partition coefficient (Wildman–Crippen LogP) is 3.96. The SMILES string of the molecule is CC(Nc1ccncn1)c1ccc(Cl)cc1Cl. The van der Waals surface area contributed by atoms with Gasteiger partial charge in [-0.05, 0) is 30.7 Å². The Morgan fingerprint density at radius 1 is 1.24 bits per heavy atom. The van der Waals surface area contributed by atoms with E-state index in [9.17, 15) is 0 Å². The third kappa shape index (κ3) is 3.08. The molecule has 0 radical (unpaired) electrons. The topological polar surface area (TPSA) is 37.8 Å². The van der Waals surface area contributed by atoms with Crippen molar-refractivity contribution in [1.29, 1.82) is 0 Å². The number of nitrogens with one attached hydrogen (secondary N) is 1. The second-order valence-electron chi connectivity index (χ2n) is 3.63. The number of nitrogens with zero attached hydrogens (tertiary/aromatic N) is 2. The molecule has 17 heavy (non-hydrogen) atoms. The number of anilines is 1. The molecule has 1 heterocycles. The summed E-state index contributed by atoms with van der Waals surface area (Å²) in [7, 11) is 0. The summed E-state index contributed by atoms with van der Waals surface area (Å²) in [5, 5.41) is 4.52. The molecule has 0 aliphatic heterocycles. The Morgan fingerprint density at radius 3 is 2.71 bits per heavy atom.